The summed E-state index contributed by atoms with van der Waals surface area (Å²) in [6, 6.07) is 0. The van der Waals surface area contributed by atoms with E-state index in [9.17, 15) is 0 Å². The average molecular weight is 181 g/mol. The van der Waals surface area contributed by atoms with E-state index in [2.05, 4.69) is 26.9 Å². The highest BCUT2D eigenvalue weighted by Gasteiger charge is 2.22. The topological polar surface area (TPSA) is 41.6 Å². The maximum atomic E-state index is 5.48. The Balaban J connectivity index is 2.11. The van der Waals surface area contributed by atoms with Gasteiger partial charge in [-0.3, -0.25) is 4.99 Å². The lowest BCUT2D eigenvalue weighted by Crippen LogP contribution is -2.26. The van der Waals surface area contributed by atoms with Crippen LogP contribution in [-0.4, -0.2) is 23.8 Å². The fourth-order valence-electron chi connectivity index (χ4n) is 1.32. The number of allylic oxidation sites excluding steroid dienone is 1. The molecule has 3 nitrogen and oxygen atoms in total. The largest absolute Gasteiger partial charge is 0.330 e. The molecule has 64 valence electrons. The number of hydrogen-bond donors (Lipinski definition) is 1. The van der Waals surface area contributed by atoms with Crippen molar-refractivity contribution in [1.29, 1.82) is 0 Å². The van der Waals surface area contributed by atoms with Gasteiger partial charge in [0.2, 0.25) is 0 Å². The maximum Gasteiger partial charge on any atom is 0.126 e. The maximum absolute atomic E-state index is 5.48. The van der Waals surface area contributed by atoms with Gasteiger partial charge in [0.25, 0.3) is 0 Å². The van der Waals surface area contributed by atoms with Gasteiger partial charge in [-0.05, 0) is 12.0 Å². The number of hydrogen-bond acceptors (Lipinski definition) is 4. The second-order valence-corrected chi connectivity index (χ2v) is 3.49. The third kappa shape index (κ3) is 1.28. The normalized spacial score (nSPS) is 25.9. The van der Waals surface area contributed by atoms with Gasteiger partial charge in [-0.2, -0.15) is 0 Å². The molecule has 0 fully saturated rings. The van der Waals surface area contributed by atoms with Gasteiger partial charge in [0.05, 0.1) is 5.70 Å². The molecule has 0 aliphatic carbocycles. The van der Waals surface area contributed by atoms with Crippen LogP contribution in [0.5, 0.6) is 0 Å². The van der Waals surface area contributed by atoms with E-state index in [1.165, 1.54) is 5.70 Å². The molecular weight excluding hydrogens is 170 g/mol. The lowest BCUT2D eigenvalue weighted by Gasteiger charge is -2.23. The van der Waals surface area contributed by atoms with E-state index in [1.54, 1.807) is 11.8 Å². The van der Waals surface area contributed by atoms with E-state index in [0.717, 1.165) is 6.42 Å². The molecule has 0 saturated heterocycles. The highest BCUT2D eigenvalue weighted by Crippen LogP contribution is 2.26. The third-order valence-electron chi connectivity index (χ3n) is 1.91. The summed E-state index contributed by atoms with van der Waals surface area (Å²) >= 11 is 1.68. The molecule has 2 aliphatic heterocycles. The first-order valence-corrected chi connectivity index (χ1v) is 4.90. The number of nitrogens with two attached hydrogens (primary N) is 1. The Labute approximate surface area is 76.0 Å². The molecule has 0 bridgehead atoms. The van der Waals surface area contributed by atoms with Gasteiger partial charge >= 0.3 is 0 Å². The molecule has 2 rings (SSSR count). The molecule has 4 heteroatoms. The lowest BCUT2D eigenvalue weighted by atomic mass is 10.3. The Hall–Kier alpha value is -0.740. The van der Waals surface area contributed by atoms with Gasteiger partial charge in [0, 0.05) is 24.2 Å². The van der Waals surface area contributed by atoms with Crippen LogP contribution in [0.2, 0.25) is 0 Å². The van der Waals surface area contributed by atoms with E-state index in [0.29, 0.717) is 6.54 Å². The van der Waals surface area contributed by atoms with Crippen molar-refractivity contribution in [1.82, 2.24) is 4.90 Å². The van der Waals surface area contributed by atoms with Gasteiger partial charge in [0.15, 0.2) is 0 Å². The molecule has 2 heterocycles. The van der Waals surface area contributed by atoms with Crippen molar-refractivity contribution in [3.05, 3.63) is 22.7 Å². The van der Waals surface area contributed by atoms with Gasteiger partial charge < -0.3 is 10.6 Å². The Morgan fingerprint density at radius 1 is 1.67 bits per heavy atom. The summed E-state index contributed by atoms with van der Waals surface area (Å²) in [5.41, 5.74) is 6.66. The Kier molecular flexibility index (Phi) is 2.19. The minimum atomic E-state index is 0.235. The van der Waals surface area contributed by atoms with Crippen molar-refractivity contribution in [3.8, 4) is 0 Å². The van der Waals surface area contributed by atoms with Crippen molar-refractivity contribution in [2.24, 2.45) is 10.7 Å². The summed E-state index contributed by atoms with van der Waals surface area (Å²) < 4.78 is 0. The van der Waals surface area contributed by atoms with Crippen LogP contribution >= 0.6 is 11.8 Å². The summed E-state index contributed by atoms with van der Waals surface area (Å²) in [6.07, 6.45) is 5.13. The van der Waals surface area contributed by atoms with Crippen molar-refractivity contribution >= 4 is 18.0 Å². The Morgan fingerprint density at radius 2 is 2.58 bits per heavy atom. The van der Waals surface area contributed by atoms with Crippen molar-refractivity contribution in [2.45, 2.75) is 12.6 Å². The van der Waals surface area contributed by atoms with E-state index >= 15 is 0 Å². The number of thioether (sulfide) groups is 1. The number of nitrogens with zero attached hydrogens (tertiary/aromatic N) is 2. The van der Waals surface area contributed by atoms with E-state index in [-0.39, 0.29) is 6.17 Å². The monoisotopic (exact) mass is 181 g/mol. The molecule has 0 saturated carbocycles. The molecule has 0 aromatic heterocycles. The summed E-state index contributed by atoms with van der Waals surface area (Å²) in [4.78, 5) is 6.51. The summed E-state index contributed by atoms with van der Waals surface area (Å²) in [6.45, 7) is 0.687. The smallest absolute Gasteiger partial charge is 0.126 e. The molecule has 0 amide bonds. The third-order valence-corrected chi connectivity index (χ3v) is 2.57. The number of fused-ring (bicyclic) bond motifs is 1. The molecule has 0 spiro atoms. The average Bonchev–Trinajstić information content (AvgIpc) is 2.50. The minimum Gasteiger partial charge on any atom is -0.330 e. The SMILES string of the molecule is NCCC1N=CC2=CSC=CN21. The predicted octanol–water partition coefficient (Wildman–Crippen LogP) is 1.11. The second-order valence-electron chi connectivity index (χ2n) is 2.71. The van der Waals surface area contributed by atoms with Crippen molar-refractivity contribution < 1.29 is 0 Å². The molecule has 2 aliphatic rings. The van der Waals surface area contributed by atoms with E-state index < -0.39 is 0 Å². The van der Waals surface area contributed by atoms with Crippen LogP contribution in [0, 0.1) is 0 Å². The van der Waals surface area contributed by atoms with Crippen LogP contribution in [0.1, 0.15) is 6.42 Å². The highest BCUT2D eigenvalue weighted by molar-refractivity contribution is 8.05. The predicted molar refractivity (Wildman–Crippen MR) is 52.6 cm³/mol. The first-order valence-electron chi connectivity index (χ1n) is 3.95. The zero-order valence-corrected chi connectivity index (χ0v) is 7.50. The van der Waals surface area contributed by atoms with E-state index in [1.807, 2.05) is 6.21 Å². The standard InChI is InChI=1S/C8H11N3S/c9-2-1-8-10-5-7-6-12-4-3-11(7)8/h3-6,8H,1-2,9H2. The zero-order chi connectivity index (χ0) is 8.39. The second kappa shape index (κ2) is 3.33. The van der Waals surface area contributed by atoms with Crippen LogP contribution in [-0.2, 0) is 0 Å². The Morgan fingerprint density at radius 3 is 3.42 bits per heavy atom. The molecule has 1 unspecified atom stereocenters. The van der Waals surface area contributed by atoms with Gasteiger partial charge in [-0.25, -0.2) is 0 Å². The minimum absolute atomic E-state index is 0.235. The molecule has 12 heavy (non-hydrogen) atoms. The van der Waals surface area contributed by atoms with Gasteiger partial charge in [-0.1, -0.05) is 0 Å². The summed E-state index contributed by atoms with van der Waals surface area (Å²) in [7, 11) is 0. The highest BCUT2D eigenvalue weighted by atomic mass is 32.2. The van der Waals surface area contributed by atoms with Gasteiger partial charge in [-0.15, -0.1) is 11.8 Å². The van der Waals surface area contributed by atoms with Crippen molar-refractivity contribution in [2.75, 3.05) is 6.54 Å². The zero-order valence-electron chi connectivity index (χ0n) is 6.68. The Bertz CT molecular complexity index is 257. The van der Waals surface area contributed by atoms with Crippen LogP contribution in [0.15, 0.2) is 27.7 Å². The summed E-state index contributed by atoms with van der Waals surface area (Å²) in [5.74, 6) is 0. The van der Waals surface area contributed by atoms with Crippen LogP contribution in [0.3, 0.4) is 0 Å². The fourth-order valence-corrected chi connectivity index (χ4v) is 1.92. The molecule has 0 aromatic carbocycles. The van der Waals surface area contributed by atoms with Crippen molar-refractivity contribution in [3.63, 3.8) is 0 Å². The van der Waals surface area contributed by atoms with Gasteiger partial charge in [0.1, 0.15) is 6.17 Å². The van der Waals surface area contributed by atoms with E-state index in [4.69, 9.17) is 5.73 Å². The fraction of sp³-hybridized carbons (Fsp3) is 0.375. The summed E-state index contributed by atoms with van der Waals surface area (Å²) in [5, 5.41) is 4.15. The van der Waals surface area contributed by atoms with Crippen LogP contribution < -0.4 is 5.73 Å². The molecular formula is C8H11N3S. The van der Waals surface area contributed by atoms with Crippen LogP contribution in [0.25, 0.3) is 0 Å². The molecule has 0 aromatic rings. The molecule has 0 radical (unpaired) electrons. The quantitative estimate of drug-likeness (QED) is 0.693. The first kappa shape index (κ1) is 7.89. The molecule has 1 atom stereocenters. The number of rotatable bonds is 2. The van der Waals surface area contributed by atoms with Crippen LogP contribution in [0.4, 0.5) is 0 Å². The lowest BCUT2D eigenvalue weighted by molar-refractivity contribution is 0.368. The number of aliphatic imine (C=N–C) groups is 1. The molecule has 2 N–H and O–H groups in total. The first-order chi connectivity index (χ1) is 5.92.